The minimum absolute atomic E-state index is 0.00893. The number of rotatable bonds is 5. The average molecular weight is 376 g/mol. The molecule has 0 aromatic heterocycles. The Kier molecular flexibility index (Phi) is 4.52. The van der Waals surface area contributed by atoms with Gasteiger partial charge in [-0.2, -0.15) is 5.26 Å². The van der Waals surface area contributed by atoms with Crippen LogP contribution in [0.2, 0.25) is 0 Å². The molecule has 142 valence electrons. The van der Waals surface area contributed by atoms with Crippen LogP contribution in [0.3, 0.4) is 0 Å². The van der Waals surface area contributed by atoms with E-state index in [2.05, 4.69) is 30.3 Å². The minimum atomic E-state index is -0.936. The molecule has 0 saturated carbocycles. The van der Waals surface area contributed by atoms with Gasteiger partial charge in [0.25, 0.3) is 0 Å². The standard InChI is InChI=1S/C22H20N2O4/c23-12-22(10-9-20(25)26)13-24(14-22)21(27)28-11-19-17-7-3-1-5-15(17)16-6-2-4-8-18(16)19/h1-8,19H,9-11,13-14H2,(H,25,26). The Balaban J connectivity index is 1.40. The van der Waals surface area contributed by atoms with Crippen molar-refractivity contribution in [2.45, 2.75) is 18.8 Å². The molecule has 1 amide bonds. The summed E-state index contributed by atoms with van der Waals surface area (Å²) in [6, 6.07) is 18.4. The number of ether oxygens (including phenoxy) is 1. The van der Waals surface area contributed by atoms with Gasteiger partial charge < -0.3 is 14.7 Å². The summed E-state index contributed by atoms with van der Waals surface area (Å²) in [7, 11) is 0. The van der Waals surface area contributed by atoms with E-state index in [1.54, 1.807) is 0 Å². The van der Waals surface area contributed by atoms with Crippen LogP contribution in [0.5, 0.6) is 0 Å². The fraction of sp³-hybridized carbons (Fsp3) is 0.318. The van der Waals surface area contributed by atoms with Crippen molar-refractivity contribution < 1.29 is 19.4 Å². The van der Waals surface area contributed by atoms with Crippen molar-refractivity contribution in [3.63, 3.8) is 0 Å². The summed E-state index contributed by atoms with van der Waals surface area (Å²) in [5.41, 5.74) is 3.85. The molecule has 1 aliphatic heterocycles. The number of carboxylic acid groups (broad SMARTS) is 1. The Morgan fingerprint density at radius 2 is 1.68 bits per heavy atom. The minimum Gasteiger partial charge on any atom is -0.481 e. The number of amides is 1. The van der Waals surface area contributed by atoms with E-state index in [1.165, 1.54) is 16.0 Å². The largest absolute Gasteiger partial charge is 0.481 e. The second-order valence-electron chi connectivity index (χ2n) is 7.45. The quantitative estimate of drug-likeness (QED) is 0.860. The number of fused-ring (bicyclic) bond motifs is 3. The number of carboxylic acids is 1. The van der Waals surface area contributed by atoms with Gasteiger partial charge in [-0.05, 0) is 28.7 Å². The first kappa shape index (κ1) is 18.1. The van der Waals surface area contributed by atoms with Crippen molar-refractivity contribution in [1.29, 1.82) is 5.26 Å². The molecule has 4 rings (SSSR count). The van der Waals surface area contributed by atoms with Gasteiger partial charge in [0.15, 0.2) is 0 Å². The van der Waals surface area contributed by atoms with Crippen LogP contribution < -0.4 is 0 Å². The predicted molar refractivity (Wildman–Crippen MR) is 102 cm³/mol. The third-order valence-electron chi connectivity index (χ3n) is 5.64. The van der Waals surface area contributed by atoms with Crippen molar-refractivity contribution in [2.75, 3.05) is 19.7 Å². The van der Waals surface area contributed by atoms with Gasteiger partial charge in [0, 0.05) is 25.4 Å². The van der Waals surface area contributed by atoms with E-state index in [1.807, 2.05) is 24.3 Å². The van der Waals surface area contributed by atoms with Crippen molar-refractivity contribution in [1.82, 2.24) is 4.90 Å². The molecule has 1 N–H and O–H groups in total. The Morgan fingerprint density at radius 3 is 2.21 bits per heavy atom. The fourth-order valence-electron chi connectivity index (χ4n) is 4.13. The maximum atomic E-state index is 12.4. The molecule has 2 aromatic rings. The molecular formula is C22H20N2O4. The highest BCUT2D eigenvalue weighted by atomic mass is 16.6. The van der Waals surface area contributed by atoms with Crippen LogP contribution in [0.15, 0.2) is 48.5 Å². The molecule has 0 unspecified atom stereocenters. The second kappa shape index (κ2) is 7.01. The molecule has 0 bridgehead atoms. The lowest BCUT2D eigenvalue weighted by Crippen LogP contribution is -2.58. The first-order chi connectivity index (χ1) is 13.5. The predicted octanol–water partition coefficient (Wildman–Crippen LogP) is 3.63. The maximum absolute atomic E-state index is 12.4. The van der Waals surface area contributed by atoms with Gasteiger partial charge in [0.1, 0.15) is 6.61 Å². The van der Waals surface area contributed by atoms with Gasteiger partial charge in [-0.15, -0.1) is 0 Å². The van der Waals surface area contributed by atoms with Gasteiger partial charge in [-0.3, -0.25) is 4.79 Å². The van der Waals surface area contributed by atoms with Gasteiger partial charge in [-0.1, -0.05) is 48.5 Å². The lowest BCUT2D eigenvalue weighted by Gasteiger charge is -2.44. The maximum Gasteiger partial charge on any atom is 0.409 e. The molecule has 6 nitrogen and oxygen atoms in total. The first-order valence-electron chi connectivity index (χ1n) is 9.26. The number of hydrogen-bond donors (Lipinski definition) is 1. The molecular weight excluding hydrogens is 356 g/mol. The second-order valence-corrected chi connectivity index (χ2v) is 7.45. The Morgan fingerprint density at radius 1 is 1.11 bits per heavy atom. The molecule has 0 atom stereocenters. The van der Waals surface area contributed by atoms with Gasteiger partial charge >= 0.3 is 12.1 Å². The van der Waals surface area contributed by atoms with Crippen molar-refractivity contribution in [2.24, 2.45) is 5.41 Å². The molecule has 0 radical (unpaired) electrons. The highest BCUT2D eigenvalue weighted by Gasteiger charge is 2.46. The van der Waals surface area contributed by atoms with E-state index in [0.29, 0.717) is 0 Å². The zero-order valence-electron chi connectivity index (χ0n) is 15.3. The Hall–Kier alpha value is -3.33. The van der Waals surface area contributed by atoms with Crippen LogP contribution in [0.1, 0.15) is 29.9 Å². The summed E-state index contributed by atoms with van der Waals surface area (Å²) < 4.78 is 5.57. The van der Waals surface area contributed by atoms with Crippen LogP contribution in [-0.4, -0.2) is 41.8 Å². The topological polar surface area (TPSA) is 90.6 Å². The van der Waals surface area contributed by atoms with E-state index in [0.717, 1.165) is 11.1 Å². The van der Waals surface area contributed by atoms with E-state index in [-0.39, 0.29) is 38.5 Å². The Bertz CT molecular complexity index is 927. The number of carbonyl (C=O) groups is 2. The molecule has 28 heavy (non-hydrogen) atoms. The third kappa shape index (κ3) is 3.09. The molecule has 6 heteroatoms. The number of hydrogen-bond acceptors (Lipinski definition) is 4. The molecule has 2 aliphatic rings. The van der Waals surface area contributed by atoms with Gasteiger partial charge in [-0.25, -0.2) is 4.79 Å². The third-order valence-corrected chi connectivity index (χ3v) is 5.64. The molecule has 2 aromatic carbocycles. The molecule has 0 spiro atoms. The van der Waals surface area contributed by atoms with Gasteiger partial charge in [0.2, 0.25) is 0 Å². The molecule has 1 heterocycles. The summed E-state index contributed by atoms with van der Waals surface area (Å²) in [6.07, 6.45) is -0.291. The zero-order chi connectivity index (χ0) is 19.7. The van der Waals surface area contributed by atoms with Crippen molar-refractivity contribution in [3.05, 3.63) is 59.7 Å². The zero-order valence-corrected chi connectivity index (χ0v) is 15.3. The van der Waals surface area contributed by atoms with E-state index in [4.69, 9.17) is 9.84 Å². The first-order valence-corrected chi connectivity index (χ1v) is 9.26. The monoisotopic (exact) mass is 376 g/mol. The normalized spacial score (nSPS) is 16.5. The average Bonchev–Trinajstić information content (AvgIpc) is 2.99. The number of aliphatic carboxylic acids is 1. The van der Waals surface area contributed by atoms with Gasteiger partial charge in [0.05, 0.1) is 11.5 Å². The lowest BCUT2D eigenvalue weighted by atomic mass is 9.77. The summed E-state index contributed by atoms with van der Waals surface area (Å²) in [5.74, 6) is -0.945. The van der Waals surface area contributed by atoms with Crippen LogP contribution in [-0.2, 0) is 9.53 Å². The molecule has 1 fully saturated rings. The van der Waals surface area contributed by atoms with Crippen LogP contribution in [0.4, 0.5) is 4.79 Å². The van der Waals surface area contributed by atoms with Crippen LogP contribution >= 0.6 is 0 Å². The fourth-order valence-corrected chi connectivity index (χ4v) is 4.13. The van der Waals surface area contributed by atoms with Crippen molar-refractivity contribution >= 4 is 12.1 Å². The summed E-state index contributed by atoms with van der Waals surface area (Å²) in [5, 5.41) is 18.2. The lowest BCUT2D eigenvalue weighted by molar-refractivity contribution is -0.138. The number of benzene rings is 2. The molecule has 1 saturated heterocycles. The van der Waals surface area contributed by atoms with Crippen molar-refractivity contribution in [3.8, 4) is 17.2 Å². The SMILES string of the molecule is N#CC1(CCC(=O)O)CN(C(=O)OCC2c3ccccc3-c3ccccc32)C1. The highest BCUT2D eigenvalue weighted by Crippen LogP contribution is 2.44. The number of nitrogens with zero attached hydrogens (tertiary/aromatic N) is 2. The van der Waals surface area contributed by atoms with Crippen LogP contribution in [0.25, 0.3) is 11.1 Å². The van der Waals surface area contributed by atoms with E-state index < -0.39 is 17.5 Å². The number of carbonyl (C=O) groups excluding carboxylic acids is 1. The molecule has 1 aliphatic carbocycles. The van der Waals surface area contributed by atoms with E-state index in [9.17, 15) is 14.9 Å². The summed E-state index contributed by atoms with van der Waals surface area (Å²) in [6.45, 7) is 0.666. The number of nitriles is 1. The number of likely N-dealkylation sites (tertiary alicyclic amines) is 1. The smallest absolute Gasteiger partial charge is 0.409 e. The van der Waals surface area contributed by atoms with Crippen LogP contribution in [0, 0.1) is 16.7 Å². The van der Waals surface area contributed by atoms with E-state index >= 15 is 0 Å². The highest BCUT2D eigenvalue weighted by molar-refractivity contribution is 5.79. The summed E-state index contributed by atoms with van der Waals surface area (Å²) >= 11 is 0. The Labute approximate surface area is 163 Å². The summed E-state index contributed by atoms with van der Waals surface area (Å²) in [4.78, 5) is 24.6.